The maximum atomic E-state index is 12.8. The molecule has 2 aliphatic heterocycles. The van der Waals surface area contributed by atoms with Crippen molar-refractivity contribution >= 4 is 29.1 Å². The van der Waals surface area contributed by atoms with Crippen LogP contribution in [0.4, 0.5) is 0 Å². The molecule has 2 aromatic rings. The van der Waals surface area contributed by atoms with E-state index in [-0.39, 0.29) is 11.8 Å². The molecule has 0 spiro atoms. The van der Waals surface area contributed by atoms with Crippen molar-refractivity contribution in [1.82, 2.24) is 15.1 Å². The van der Waals surface area contributed by atoms with Crippen molar-refractivity contribution in [1.29, 1.82) is 0 Å². The van der Waals surface area contributed by atoms with Gasteiger partial charge in [-0.05, 0) is 42.6 Å². The van der Waals surface area contributed by atoms with Crippen molar-refractivity contribution in [3.05, 3.63) is 69.2 Å². The van der Waals surface area contributed by atoms with Gasteiger partial charge in [0.25, 0.3) is 0 Å². The maximum Gasteiger partial charge on any atom is 0.224 e. The number of carbonyl (C=O) groups is 1. The highest BCUT2D eigenvalue weighted by atomic mass is 35.5. The van der Waals surface area contributed by atoms with E-state index < -0.39 is 0 Å². The molecule has 2 aromatic carbocycles. The summed E-state index contributed by atoms with van der Waals surface area (Å²) in [5.41, 5.74) is 3.36. The molecule has 1 N–H and O–H groups in total. The van der Waals surface area contributed by atoms with Crippen LogP contribution in [0.2, 0.25) is 10.0 Å². The number of carbonyl (C=O) groups excluding carboxylic acids is 1. The molecular weight excluding hydrogens is 445 g/mol. The number of likely N-dealkylation sites (tertiary alicyclic amines) is 1. The Labute approximate surface area is 200 Å². The number of nitrogens with zero attached hydrogens (tertiary/aromatic N) is 2. The molecule has 0 radical (unpaired) electrons. The molecule has 2 saturated heterocycles. The predicted molar refractivity (Wildman–Crippen MR) is 129 cm³/mol. The third-order valence-electron chi connectivity index (χ3n) is 6.32. The quantitative estimate of drug-likeness (QED) is 0.646. The van der Waals surface area contributed by atoms with E-state index in [4.69, 9.17) is 27.9 Å². The molecule has 0 bridgehead atoms. The second-order valence-electron chi connectivity index (χ2n) is 8.70. The number of rotatable bonds is 7. The fraction of sp³-hybridized carbons (Fsp3) is 0.480. The van der Waals surface area contributed by atoms with Gasteiger partial charge >= 0.3 is 0 Å². The van der Waals surface area contributed by atoms with Gasteiger partial charge in [-0.2, -0.15) is 0 Å². The van der Waals surface area contributed by atoms with Crippen LogP contribution < -0.4 is 5.32 Å². The van der Waals surface area contributed by atoms with E-state index >= 15 is 0 Å². The van der Waals surface area contributed by atoms with E-state index in [0.717, 1.165) is 69.9 Å². The first-order valence-electron chi connectivity index (χ1n) is 11.4. The molecule has 0 saturated carbocycles. The van der Waals surface area contributed by atoms with E-state index in [9.17, 15) is 4.79 Å². The average molecular weight is 476 g/mol. The van der Waals surface area contributed by atoms with E-state index in [2.05, 4.69) is 39.4 Å². The van der Waals surface area contributed by atoms with Gasteiger partial charge in [-0.25, -0.2) is 0 Å². The molecule has 2 fully saturated rings. The molecule has 2 heterocycles. The summed E-state index contributed by atoms with van der Waals surface area (Å²) in [6, 6.07) is 14.1. The normalized spacial score (nSPS) is 20.2. The Morgan fingerprint density at radius 2 is 1.62 bits per heavy atom. The summed E-state index contributed by atoms with van der Waals surface area (Å²) in [6.45, 7) is 7.46. The summed E-state index contributed by atoms with van der Waals surface area (Å²) in [5.74, 6) is 0.114. The zero-order valence-corrected chi connectivity index (χ0v) is 19.9. The van der Waals surface area contributed by atoms with Crippen molar-refractivity contribution in [3.63, 3.8) is 0 Å². The van der Waals surface area contributed by atoms with Crippen LogP contribution in [0.15, 0.2) is 42.5 Å². The number of amides is 1. The van der Waals surface area contributed by atoms with Crippen molar-refractivity contribution in [2.75, 3.05) is 39.4 Å². The summed E-state index contributed by atoms with van der Waals surface area (Å²) in [6.07, 6.45) is 1.91. The molecule has 1 unspecified atom stereocenters. The number of benzene rings is 2. The van der Waals surface area contributed by atoms with Gasteiger partial charge in [-0.1, -0.05) is 53.5 Å². The first kappa shape index (κ1) is 23.5. The lowest BCUT2D eigenvalue weighted by Crippen LogP contribution is -2.42. The van der Waals surface area contributed by atoms with E-state index in [1.54, 1.807) is 0 Å². The zero-order chi connectivity index (χ0) is 22.3. The highest BCUT2D eigenvalue weighted by Crippen LogP contribution is 2.27. The molecule has 1 atom stereocenters. The Bertz CT molecular complexity index is 880. The molecule has 0 aromatic heterocycles. The summed E-state index contributed by atoms with van der Waals surface area (Å²) in [7, 11) is 0. The molecule has 5 nitrogen and oxygen atoms in total. The highest BCUT2D eigenvalue weighted by Gasteiger charge is 2.26. The lowest BCUT2D eigenvalue weighted by Gasteiger charge is -2.32. The van der Waals surface area contributed by atoms with Crippen molar-refractivity contribution in [2.24, 2.45) is 5.92 Å². The molecule has 4 rings (SSSR count). The van der Waals surface area contributed by atoms with Gasteiger partial charge in [0.1, 0.15) is 0 Å². The lowest BCUT2D eigenvalue weighted by molar-refractivity contribution is -0.126. The van der Waals surface area contributed by atoms with Crippen LogP contribution in [-0.4, -0.2) is 55.1 Å². The first-order chi connectivity index (χ1) is 15.6. The maximum absolute atomic E-state index is 12.8. The van der Waals surface area contributed by atoms with Crippen molar-refractivity contribution in [3.8, 4) is 0 Å². The zero-order valence-electron chi connectivity index (χ0n) is 18.4. The average Bonchev–Trinajstić information content (AvgIpc) is 2.82. The number of hydrogen-bond acceptors (Lipinski definition) is 4. The van der Waals surface area contributed by atoms with Gasteiger partial charge in [-0.15, -0.1) is 0 Å². The molecule has 32 heavy (non-hydrogen) atoms. The smallest absolute Gasteiger partial charge is 0.224 e. The van der Waals surface area contributed by atoms with Crippen LogP contribution in [0.3, 0.4) is 0 Å². The Kier molecular flexibility index (Phi) is 8.44. The Morgan fingerprint density at radius 1 is 0.938 bits per heavy atom. The van der Waals surface area contributed by atoms with Crippen LogP contribution in [0.1, 0.15) is 29.5 Å². The lowest BCUT2D eigenvalue weighted by atomic mass is 9.96. The number of nitrogens with one attached hydrogen (secondary N) is 1. The molecule has 2 aliphatic rings. The predicted octanol–water partition coefficient (Wildman–Crippen LogP) is 4.35. The number of halogens is 2. The van der Waals surface area contributed by atoms with Crippen molar-refractivity contribution < 1.29 is 9.53 Å². The monoisotopic (exact) mass is 475 g/mol. The Morgan fingerprint density at radius 3 is 2.34 bits per heavy atom. The second-order valence-corrected chi connectivity index (χ2v) is 9.51. The molecule has 7 heteroatoms. The van der Waals surface area contributed by atoms with Crippen LogP contribution in [0, 0.1) is 5.92 Å². The third-order valence-corrected chi connectivity index (χ3v) is 7.03. The molecule has 172 valence electrons. The molecule has 0 aliphatic carbocycles. The fourth-order valence-electron chi connectivity index (χ4n) is 4.43. The summed E-state index contributed by atoms with van der Waals surface area (Å²) in [4.78, 5) is 17.5. The van der Waals surface area contributed by atoms with Gasteiger partial charge in [0.05, 0.1) is 19.1 Å². The number of hydrogen-bond donors (Lipinski definition) is 1. The minimum atomic E-state index is -0.00870. The number of morpholine rings is 1. The molecular formula is C25H31Cl2N3O2. The van der Waals surface area contributed by atoms with E-state index in [1.807, 2.05) is 18.2 Å². The summed E-state index contributed by atoms with van der Waals surface area (Å²) in [5, 5.41) is 4.50. The number of piperidine rings is 1. The standard InChI is InChI=1S/C25H31Cl2N3O2/c26-23-4-1-5-24(27)22(23)18-30-10-2-3-21(17-30)25(31)28-15-19-6-8-20(9-7-19)16-29-11-13-32-14-12-29/h1,4-9,21H,2-3,10-18H2,(H,28,31). The van der Waals surface area contributed by atoms with Crippen molar-refractivity contribution in [2.45, 2.75) is 32.5 Å². The topological polar surface area (TPSA) is 44.8 Å². The Hall–Kier alpha value is -1.63. The van der Waals surface area contributed by atoms with E-state index in [0.29, 0.717) is 23.1 Å². The van der Waals surface area contributed by atoms with Gasteiger partial charge in [0, 0.05) is 54.9 Å². The second kappa shape index (κ2) is 11.5. The largest absolute Gasteiger partial charge is 0.379 e. The van der Waals surface area contributed by atoms with Crippen LogP contribution >= 0.6 is 23.2 Å². The third kappa shape index (κ3) is 6.46. The van der Waals surface area contributed by atoms with Crippen LogP contribution in [-0.2, 0) is 29.2 Å². The number of ether oxygens (including phenoxy) is 1. The van der Waals surface area contributed by atoms with E-state index in [1.165, 1.54) is 5.56 Å². The summed E-state index contributed by atoms with van der Waals surface area (Å²) >= 11 is 12.7. The highest BCUT2D eigenvalue weighted by molar-refractivity contribution is 6.35. The minimum Gasteiger partial charge on any atom is -0.379 e. The van der Waals surface area contributed by atoms with Crippen LogP contribution in [0.25, 0.3) is 0 Å². The van der Waals surface area contributed by atoms with Gasteiger partial charge < -0.3 is 10.1 Å². The van der Waals surface area contributed by atoms with Crippen LogP contribution in [0.5, 0.6) is 0 Å². The summed E-state index contributed by atoms with van der Waals surface area (Å²) < 4.78 is 5.41. The van der Waals surface area contributed by atoms with Gasteiger partial charge in [-0.3, -0.25) is 14.6 Å². The SMILES string of the molecule is O=C(NCc1ccc(CN2CCOCC2)cc1)C1CCCN(Cc2c(Cl)cccc2Cl)C1. The minimum absolute atomic E-state index is 0.00870. The first-order valence-corrected chi connectivity index (χ1v) is 12.1. The molecule has 1 amide bonds. The van der Waals surface area contributed by atoms with Gasteiger partial charge in [0.2, 0.25) is 5.91 Å². The van der Waals surface area contributed by atoms with Gasteiger partial charge in [0.15, 0.2) is 0 Å². The Balaban J connectivity index is 1.25. The fourth-order valence-corrected chi connectivity index (χ4v) is 4.95.